The van der Waals surface area contributed by atoms with Crippen molar-refractivity contribution in [2.24, 2.45) is 0 Å². The van der Waals surface area contributed by atoms with Crippen LogP contribution in [0.4, 0.5) is 0 Å². The Balaban J connectivity index is 2.20. The molecule has 0 atom stereocenters. The number of aromatic amines is 2. The first-order valence-corrected chi connectivity index (χ1v) is 5.91. The molecule has 0 radical (unpaired) electrons. The molecule has 3 rings (SSSR count). The highest BCUT2D eigenvalue weighted by Gasteiger charge is 2.11. The largest absolute Gasteiger partial charge is 0.417 e. The number of nitrogens with zero attached hydrogens (tertiary/aromatic N) is 1. The summed E-state index contributed by atoms with van der Waals surface area (Å²) in [6.07, 6.45) is 2.93. The van der Waals surface area contributed by atoms with E-state index in [0.29, 0.717) is 5.58 Å². The van der Waals surface area contributed by atoms with Crippen molar-refractivity contribution < 1.29 is 4.42 Å². The SMILES string of the molecule is CN(C)CCc1c[nH]c2ccc3oc(=O)[nH]c3c12. The van der Waals surface area contributed by atoms with Crippen LogP contribution in [-0.2, 0) is 6.42 Å². The van der Waals surface area contributed by atoms with Gasteiger partial charge < -0.3 is 14.3 Å². The van der Waals surface area contributed by atoms with Gasteiger partial charge in [0.2, 0.25) is 0 Å². The van der Waals surface area contributed by atoms with Gasteiger partial charge in [-0.25, -0.2) is 4.79 Å². The maximum atomic E-state index is 11.3. The van der Waals surface area contributed by atoms with Gasteiger partial charge in [0.25, 0.3) is 0 Å². The minimum absolute atomic E-state index is 0.405. The number of hydrogen-bond acceptors (Lipinski definition) is 3. The number of rotatable bonds is 3. The van der Waals surface area contributed by atoms with Crippen molar-refractivity contribution in [3.05, 3.63) is 34.4 Å². The number of aromatic nitrogens is 2. The van der Waals surface area contributed by atoms with Crippen LogP contribution >= 0.6 is 0 Å². The van der Waals surface area contributed by atoms with Crippen molar-refractivity contribution in [2.45, 2.75) is 6.42 Å². The number of hydrogen-bond donors (Lipinski definition) is 2. The van der Waals surface area contributed by atoms with Crippen molar-refractivity contribution in [3.8, 4) is 0 Å². The summed E-state index contributed by atoms with van der Waals surface area (Å²) in [5, 5.41) is 1.06. The molecule has 0 aliphatic heterocycles. The molecule has 5 nitrogen and oxygen atoms in total. The predicted molar refractivity (Wildman–Crippen MR) is 70.9 cm³/mol. The minimum atomic E-state index is -0.405. The molecule has 94 valence electrons. The second kappa shape index (κ2) is 4.03. The summed E-state index contributed by atoms with van der Waals surface area (Å²) in [4.78, 5) is 19.4. The molecule has 1 aromatic carbocycles. The highest BCUT2D eigenvalue weighted by Crippen LogP contribution is 2.26. The van der Waals surface area contributed by atoms with E-state index in [1.165, 1.54) is 5.56 Å². The second-order valence-electron chi connectivity index (χ2n) is 4.74. The molecule has 0 unspecified atom stereocenters. The van der Waals surface area contributed by atoms with Gasteiger partial charge in [-0.2, -0.15) is 0 Å². The topological polar surface area (TPSA) is 65.0 Å². The maximum absolute atomic E-state index is 11.3. The Morgan fingerprint density at radius 1 is 1.33 bits per heavy atom. The normalized spacial score (nSPS) is 11.9. The molecule has 2 N–H and O–H groups in total. The fraction of sp³-hybridized carbons (Fsp3) is 0.308. The molecule has 0 aliphatic carbocycles. The standard InChI is InChI=1S/C13H15N3O2/c1-16(2)6-5-8-7-14-9-3-4-10-12(11(8)9)15-13(17)18-10/h3-4,7,14H,5-6H2,1-2H3,(H,15,17). The third kappa shape index (κ3) is 1.73. The van der Waals surface area contributed by atoms with Crippen LogP contribution in [0.15, 0.2) is 27.5 Å². The number of benzene rings is 1. The summed E-state index contributed by atoms with van der Waals surface area (Å²) < 4.78 is 5.09. The van der Waals surface area contributed by atoms with Crippen LogP contribution in [0.3, 0.4) is 0 Å². The van der Waals surface area contributed by atoms with Gasteiger partial charge in [-0.1, -0.05) is 0 Å². The molecule has 0 aliphatic rings. The van der Waals surface area contributed by atoms with Gasteiger partial charge in [-0.05, 0) is 38.2 Å². The van der Waals surface area contributed by atoms with E-state index in [1.807, 2.05) is 32.4 Å². The van der Waals surface area contributed by atoms with Gasteiger partial charge in [-0.15, -0.1) is 0 Å². The Kier molecular flexibility index (Phi) is 2.48. The van der Waals surface area contributed by atoms with Gasteiger partial charge >= 0.3 is 5.76 Å². The molecule has 5 heteroatoms. The lowest BCUT2D eigenvalue weighted by atomic mass is 10.1. The van der Waals surface area contributed by atoms with Crippen LogP contribution in [-0.4, -0.2) is 35.5 Å². The molecule has 2 aromatic heterocycles. The molecule has 2 heterocycles. The smallest absolute Gasteiger partial charge is 0.408 e. The Bertz CT molecular complexity index is 748. The van der Waals surface area contributed by atoms with Crippen molar-refractivity contribution >= 4 is 22.0 Å². The van der Waals surface area contributed by atoms with E-state index in [1.54, 1.807) is 0 Å². The zero-order chi connectivity index (χ0) is 12.7. The van der Waals surface area contributed by atoms with E-state index in [0.717, 1.165) is 29.4 Å². The third-order valence-electron chi connectivity index (χ3n) is 3.15. The molecule has 0 amide bonds. The molecule has 0 spiro atoms. The summed E-state index contributed by atoms with van der Waals surface area (Å²) in [5.74, 6) is -0.405. The zero-order valence-electron chi connectivity index (χ0n) is 10.4. The predicted octanol–water partition coefficient (Wildman–Crippen LogP) is 1.71. The summed E-state index contributed by atoms with van der Waals surface area (Å²) in [7, 11) is 4.09. The van der Waals surface area contributed by atoms with E-state index >= 15 is 0 Å². The molecule has 0 saturated heterocycles. The van der Waals surface area contributed by atoms with Crippen LogP contribution in [0.1, 0.15) is 5.56 Å². The lowest BCUT2D eigenvalue weighted by molar-refractivity contribution is 0.414. The Hall–Kier alpha value is -2.01. The number of fused-ring (bicyclic) bond motifs is 3. The molecule has 18 heavy (non-hydrogen) atoms. The van der Waals surface area contributed by atoms with Crippen LogP contribution in [0.2, 0.25) is 0 Å². The first-order chi connectivity index (χ1) is 8.65. The summed E-state index contributed by atoms with van der Waals surface area (Å²) in [5.41, 5.74) is 3.61. The molecular formula is C13H15N3O2. The Morgan fingerprint density at radius 3 is 2.94 bits per heavy atom. The maximum Gasteiger partial charge on any atom is 0.417 e. The van der Waals surface area contributed by atoms with Crippen LogP contribution in [0.5, 0.6) is 0 Å². The van der Waals surface area contributed by atoms with E-state index in [9.17, 15) is 4.79 Å². The number of oxazole rings is 1. The van der Waals surface area contributed by atoms with Crippen molar-refractivity contribution in [1.29, 1.82) is 0 Å². The van der Waals surface area contributed by atoms with Gasteiger partial charge in [0.15, 0.2) is 5.58 Å². The fourth-order valence-corrected chi connectivity index (χ4v) is 2.25. The summed E-state index contributed by atoms with van der Waals surface area (Å²) in [6, 6.07) is 3.75. The molecule has 0 bridgehead atoms. The third-order valence-corrected chi connectivity index (χ3v) is 3.15. The Morgan fingerprint density at radius 2 is 2.17 bits per heavy atom. The van der Waals surface area contributed by atoms with Gasteiger partial charge in [0.1, 0.15) is 0 Å². The van der Waals surface area contributed by atoms with Crippen molar-refractivity contribution in [3.63, 3.8) is 0 Å². The first-order valence-electron chi connectivity index (χ1n) is 5.91. The molecular weight excluding hydrogens is 230 g/mol. The quantitative estimate of drug-likeness (QED) is 0.738. The van der Waals surface area contributed by atoms with E-state index in [4.69, 9.17) is 4.42 Å². The lowest BCUT2D eigenvalue weighted by Crippen LogP contribution is -2.14. The Labute approximate surface area is 103 Å². The highest BCUT2D eigenvalue weighted by molar-refractivity contribution is 6.04. The minimum Gasteiger partial charge on any atom is -0.408 e. The van der Waals surface area contributed by atoms with Crippen LogP contribution in [0.25, 0.3) is 22.0 Å². The van der Waals surface area contributed by atoms with Gasteiger partial charge in [0, 0.05) is 23.6 Å². The fourth-order valence-electron chi connectivity index (χ4n) is 2.25. The molecule has 0 fully saturated rings. The lowest BCUT2D eigenvalue weighted by Gasteiger charge is -2.08. The average molecular weight is 245 g/mol. The van der Waals surface area contributed by atoms with Gasteiger partial charge in [-0.3, -0.25) is 4.98 Å². The second-order valence-corrected chi connectivity index (χ2v) is 4.74. The molecule has 0 saturated carbocycles. The van der Waals surface area contributed by atoms with Crippen LogP contribution < -0.4 is 5.76 Å². The summed E-state index contributed by atoms with van der Waals surface area (Å²) >= 11 is 0. The van der Waals surface area contributed by atoms with Crippen molar-refractivity contribution in [2.75, 3.05) is 20.6 Å². The zero-order valence-corrected chi connectivity index (χ0v) is 10.4. The van der Waals surface area contributed by atoms with E-state index < -0.39 is 5.76 Å². The number of H-pyrrole nitrogens is 2. The first kappa shape index (κ1) is 11.1. The average Bonchev–Trinajstić information content (AvgIpc) is 2.87. The van der Waals surface area contributed by atoms with E-state index in [2.05, 4.69) is 14.9 Å². The monoisotopic (exact) mass is 245 g/mol. The number of likely N-dealkylation sites (N-methyl/N-ethyl adjacent to an activating group) is 1. The van der Waals surface area contributed by atoms with Crippen molar-refractivity contribution in [1.82, 2.24) is 14.9 Å². The summed E-state index contributed by atoms with van der Waals surface area (Å²) in [6.45, 7) is 0.964. The van der Waals surface area contributed by atoms with Crippen LogP contribution in [0, 0.1) is 0 Å². The van der Waals surface area contributed by atoms with E-state index in [-0.39, 0.29) is 0 Å². The van der Waals surface area contributed by atoms with Gasteiger partial charge in [0.05, 0.1) is 5.52 Å². The molecule has 3 aromatic rings. The highest BCUT2D eigenvalue weighted by atomic mass is 16.4. The number of nitrogens with one attached hydrogen (secondary N) is 2.